The minimum absolute atomic E-state index is 0.277. The summed E-state index contributed by atoms with van der Waals surface area (Å²) in [6.07, 6.45) is 0.277. The van der Waals surface area contributed by atoms with Gasteiger partial charge in [0.1, 0.15) is 18.1 Å². The first-order valence-corrected chi connectivity index (χ1v) is 12.7. The third-order valence-electron chi connectivity index (χ3n) is 7.28. The number of ether oxygens (including phenoxy) is 4. The van der Waals surface area contributed by atoms with E-state index in [2.05, 4.69) is 0 Å². The van der Waals surface area contributed by atoms with Crippen LogP contribution < -0.4 is 18.9 Å². The molecule has 0 saturated heterocycles. The summed E-state index contributed by atoms with van der Waals surface area (Å²) in [5, 5.41) is 10.6. The maximum atomic E-state index is 12.9. The molecule has 39 heavy (non-hydrogen) atoms. The largest absolute Gasteiger partial charge is 0.497 e. The van der Waals surface area contributed by atoms with Gasteiger partial charge in [-0.25, -0.2) is 0 Å². The van der Waals surface area contributed by atoms with Crippen LogP contribution in [0.1, 0.15) is 29.2 Å². The van der Waals surface area contributed by atoms with E-state index in [1.165, 1.54) is 0 Å². The van der Waals surface area contributed by atoms with E-state index < -0.39 is 17.3 Å². The Morgan fingerprint density at radius 2 is 1.28 bits per heavy atom. The number of benzene rings is 4. The van der Waals surface area contributed by atoms with Crippen molar-refractivity contribution in [1.82, 2.24) is 0 Å². The van der Waals surface area contributed by atoms with Crippen LogP contribution in [0.15, 0.2) is 97.1 Å². The molecule has 0 aromatic heterocycles. The van der Waals surface area contributed by atoms with Gasteiger partial charge in [-0.2, -0.15) is 0 Å². The van der Waals surface area contributed by atoms with Gasteiger partial charge in [-0.3, -0.25) is 4.79 Å². The normalized spacial score (nSPS) is 11.9. The minimum atomic E-state index is -0.896. The maximum Gasteiger partial charge on any atom is 0.308 e. The average molecular weight is 527 g/mol. The highest BCUT2D eigenvalue weighted by Gasteiger charge is 2.42. The van der Waals surface area contributed by atoms with Crippen LogP contribution in [0.4, 0.5) is 0 Å². The molecule has 0 fully saturated rings. The van der Waals surface area contributed by atoms with Gasteiger partial charge in [0.25, 0.3) is 0 Å². The van der Waals surface area contributed by atoms with Gasteiger partial charge in [0.05, 0.1) is 27.2 Å². The Morgan fingerprint density at radius 1 is 0.718 bits per heavy atom. The summed E-state index contributed by atoms with van der Waals surface area (Å²) in [5.74, 6) is 0.887. The Kier molecular flexibility index (Phi) is 8.77. The minimum Gasteiger partial charge on any atom is -0.497 e. The molecule has 4 aromatic rings. The molecule has 0 radical (unpaired) electrons. The molecule has 0 heterocycles. The number of rotatable bonds is 12. The summed E-state index contributed by atoms with van der Waals surface area (Å²) in [4.78, 5) is 12.9. The van der Waals surface area contributed by atoms with Crippen molar-refractivity contribution in [3.05, 3.63) is 119 Å². The van der Waals surface area contributed by atoms with Crippen molar-refractivity contribution in [1.29, 1.82) is 0 Å². The second-order valence-corrected chi connectivity index (χ2v) is 9.51. The van der Waals surface area contributed by atoms with Gasteiger partial charge >= 0.3 is 5.97 Å². The summed E-state index contributed by atoms with van der Waals surface area (Å²) < 4.78 is 22.3. The van der Waals surface area contributed by atoms with Crippen LogP contribution in [-0.2, 0) is 23.2 Å². The van der Waals surface area contributed by atoms with Gasteiger partial charge in [0.2, 0.25) is 0 Å². The van der Waals surface area contributed by atoms with Gasteiger partial charge in [0.15, 0.2) is 11.5 Å². The van der Waals surface area contributed by atoms with Crippen molar-refractivity contribution in [2.75, 3.05) is 21.3 Å². The smallest absolute Gasteiger partial charge is 0.308 e. The van der Waals surface area contributed by atoms with E-state index >= 15 is 0 Å². The maximum absolute atomic E-state index is 12.9. The van der Waals surface area contributed by atoms with Crippen LogP contribution in [0, 0.1) is 5.92 Å². The highest BCUT2D eigenvalue weighted by Crippen LogP contribution is 2.43. The van der Waals surface area contributed by atoms with Crippen LogP contribution >= 0.6 is 0 Å². The standard InChI is InChI=1S/C33H34O6/c1-33(25-11-15-27(36-2)16-12-25,26-13-17-28(37-3)18-14-26)29(32(34)35)20-24-10-19-30(31(21-24)38-4)39-22-23-8-6-5-7-9-23/h5-19,21,29H,20,22H2,1-4H3,(H,34,35)/t29-/m1/s1. The molecule has 0 aliphatic carbocycles. The zero-order valence-corrected chi connectivity index (χ0v) is 22.7. The van der Waals surface area contributed by atoms with Gasteiger partial charge < -0.3 is 24.1 Å². The lowest BCUT2D eigenvalue weighted by Gasteiger charge is -2.37. The Labute approximate surface area is 229 Å². The van der Waals surface area contributed by atoms with Crippen molar-refractivity contribution in [2.24, 2.45) is 5.92 Å². The fraction of sp³-hybridized carbons (Fsp3) is 0.242. The molecule has 0 bridgehead atoms. The molecule has 0 unspecified atom stereocenters. The molecular weight excluding hydrogens is 492 g/mol. The second-order valence-electron chi connectivity index (χ2n) is 9.51. The summed E-state index contributed by atoms with van der Waals surface area (Å²) in [5.41, 5.74) is 2.76. The van der Waals surface area contributed by atoms with Crippen molar-refractivity contribution in [3.8, 4) is 23.0 Å². The summed E-state index contributed by atoms with van der Waals surface area (Å²) in [6, 6.07) is 30.7. The Bertz CT molecular complexity index is 1320. The summed E-state index contributed by atoms with van der Waals surface area (Å²) in [6.45, 7) is 2.38. The quantitative estimate of drug-likeness (QED) is 0.226. The third kappa shape index (κ3) is 6.17. The third-order valence-corrected chi connectivity index (χ3v) is 7.28. The van der Waals surface area contributed by atoms with Crippen LogP contribution in [0.3, 0.4) is 0 Å². The topological polar surface area (TPSA) is 74.2 Å². The molecule has 4 aromatic carbocycles. The average Bonchev–Trinajstić information content (AvgIpc) is 2.99. The van der Waals surface area contributed by atoms with E-state index in [4.69, 9.17) is 18.9 Å². The van der Waals surface area contributed by atoms with Crippen molar-refractivity contribution in [3.63, 3.8) is 0 Å². The number of hydrogen-bond acceptors (Lipinski definition) is 5. The van der Waals surface area contributed by atoms with Gasteiger partial charge in [-0.15, -0.1) is 0 Å². The first-order valence-electron chi connectivity index (χ1n) is 12.7. The molecule has 0 amide bonds. The van der Waals surface area contributed by atoms with E-state index in [1.54, 1.807) is 21.3 Å². The lowest BCUT2D eigenvalue weighted by atomic mass is 9.65. The van der Waals surface area contributed by atoms with E-state index in [-0.39, 0.29) is 6.42 Å². The predicted octanol–water partition coefficient (Wildman–Crippen LogP) is 6.54. The fourth-order valence-corrected chi connectivity index (χ4v) is 4.91. The number of aliphatic carboxylic acids is 1. The molecule has 0 aliphatic heterocycles. The van der Waals surface area contributed by atoms with Gasteiger partial charge in [0, 0.05) is 5.41 Å². The second kappa shape index (κ2) is 12.4. The van der Waals surface area contributed by atoms with Crippen LogP contribution in [0.2, 0.25) is 0 Å². The molecule has 202 valence electrons. The SMILES string of the molecule is COc1ccc(C(C)(c2ccc(OC)cc2)[C@H](Cc2ccc(OCc3ccccc3)c(OC)c2)C(=O)O)cc1. The fourth-order valence-electron chi connectivity index (χ4n) is 4.91. The van der Waals surface area contributed by atoms with Crippen LogP contribution in [0.5, 0.6) is 23.0 Å². The van der Waals surface area contributed by atoms with Crippen molar-refractivity contribution in [2.45, 2.75) is 25.4 Å². The Balaban J connectivity index is 1.69. The van der Waals surface area contributed by atoms with E-state index in [0.29, 0.717) is 29.6 Å². The van der Waals surface area contributed by atoms with E-state index in [0.717, 1.165) is 22.3 Å². The van der Waals surface area contributed by atoms with Crippen LogP contribution in [-0.4, -0.2) is 32.4 Å². The molecule has 4 rings (SSSR count). The monoisotopic (exact) mass is 526 g/mol. The number of methoxy groups -OCH3 is 3. The van der Waals surface area contributed by atoms with Crippen molar-refractivity contribution >= 4 is 5.97 Å². The molecular formula is C33H34O6. The molecule has 6 heteroatoms. The van der Waals surface area contributed by atoms with Gasteiger partial charge in [-0.1, -0.05) is 67.6 Å². The van der Waals surface area contributed by atoms with Gasteiger partial charge in [-0.05, 0) is 65.1 Å². The molecule has 0 aliphatic rings. The Morgan fingerprint density at radius 3 is 1.77 bits per heavy atom. The molecule has 0 spiro atoms. The summed E-state index contributed by atoms with van der Waals surface area (Å²) >= 11 is 0. The first-order chi connectivity index (χ1) is 18.9. The highest BCUT2D eigenvalue weighted by atomic mass is 16.5. The molecule has 1 atom stereocenters. The zero-order valence-electron chi connectivity index (χ0n) is 22.7. The lowest BCUT2D eigenvalue weighted by molar-refractivity contribution is -0.143. The number of hydrogen-bond donors (Lipinski definition) is 1. The number of carboxylic acid groups (broad SMARTS) is 1. The van der Waals surface area contributed by atoms with E-state index in [9.17, 15) is 9.90 Å². The number of carboxylic acids is 1. The first kappa shape index (κ1) is 27.6. The highest BCUT2D eigenvalue weighted by molar-refractivity contribution is 5.74. The number of carbonyl (C=O) groups is 1. The van der Waals surface area contributed by atoms with Crippen molar-refractivity contribution < 1.29 is 28.8 Å². The predicted molar refractivity (Wildman–Crippen MR) is 151 cm³/mol. The van der Waals surface area contributed by atoms with Crippen LogP contribution in [0.25, 0.3) is 0 Å². The summed E-state index contributed by atoms with van der Waals surface area (Å²) in [7, 11) is 4.80. The Hall–Kier alpha value is -4.45. The zero-order chi connectivity index (χ0) is 27.8. The molecule has 0 saturated carbocycles. The molecule has 1 N–H and O–H groups in total. The molecule has 6 nitrogen and oxygen atoms in total. The lowest BCUT2D eigenvalue weighted by Crippen LogP contribution is -2.40. The van der Waals surface area contributed by atoms with E-state index in [1.807, 2.05) is 104 Å².